The van der Waals surface area contributed by atoms with Crippen LogP contribution in [0.2, 0.25) is 0 Å². The normalized spacial score (nSPS) is 20.2. The molecule has 0 radical (unpaired) electrons. The number of hydrogen-bond acceptors (Lipinski definition) is 1. The second-order valence-electron chi connectivity index (χ2n) is 3.06. The van der Waals surface area contributed by atoms with Gasteiger partial charge in [0.05, 0.1) is 11.7 Å². The standard InChI is InChI=1S/C9H8BrF2N/c10-6-3-1-2-5-4-7(9(11)12)13-8(5)6/h1-3,7,9,13H,4H2. The van der Waals surface area contributed by atoms with Gasteiger partial charge >= 0.3 is 0 Å². The zero-order valence-corrected chi connectivity index (χ0v) is 8.31. The highest BCUT2D eigenvalue weighted by atomic mass is 79.9. The molecule has 0 aliphatic carbocycles. The lowest BCUT2D eigenvalue weighted by Crippen LogP contribution is -2.24. The predicted molar refractivity (Wildman–Crippen MR) is 51.3 cm³/mol. The molecule has 1 aliphatic rings. The van der Waals surface area contributed by atoms with E-state index in [0.29, 0.717) is 6.42 Å². The van der Waals surface area contributed by atoms with E-state index < -0.39 is 12.5 Å². The van der Waals surface area contributed by atoms with Crippen LogP contribution in [0.1, 0.15) is 5.56 Å². The minimum atomic E-state index is -2.31. The summed E-state index contributed by atoms with van der Waals surface area (Å²) in [5.74, 6) is 0. The first-order valence-electron chi connectivity index (χ1n) is 4.00. The van der Waals surface area contributed by atoms with Gasteiger partial charge in [-0.25, -0.2) is 8.78 Å². The molecule has 0 aromatic heterocycles. The van der Waals surface area contributed by atoms with Crippen molar-refractivity contribution in [2.24, 2.45) is 0 Å². The Morgan fingerprint density at radius 3 is 2.85 bits per heavy atom. The molecule has 70 valence electrons. The molecule has 0 saturated heterocycles. The zero-order valence-electron chi connectivity index (χ0n) is 6.73. The zero-order chi connectivity index (χ0) is 9.42. The molecule has 0 fully saturated rings. The average Bonchev–Trinajstić information content (AvgIpc) is 2.49. The summed E-state index contributed by atoms with van der Waals surface area (Å²) in [7, 11) is 0. The Morgan fingerprint density at radius 1 is 1.46 bits per heavy atom. The fourth-order valence-corrected chi connectivity index (χ4v) is 2.05. The van der Waals surface area contributed by atoms with E-state index in [4.69, 9.17) is 0 Å². The van der Waals surface area contributed by atoms with Gasteiger partial charge in [-0.15, -0.1) is 0 Å². The number of fused-ring (bicyclic) bond motifs is 1. The van der Waals surface area contributed by atoms with Crippen LogP contribution in [0.5, 0.6) is 0 Å². The summed E-state index contributed by atoms with van der Waals surface area (Å²) < 4.78 is 25.6. The molecule has 0 spiro atoms. The van der Waals surface area contributed by atoms with Crippen molar-refractivity contribution < 1.29 is 8.78 Å². The van der Waals surface area contributed by atoms with Crippen molar-refractivity contribution in [1.29, 1.82) is 0 Å². The smallest absolute Gasteiger partial charge is 0.258 e. The van der Waals surface area contributed by atoms with E-state index in [0.717, 1.165) is 15.7 Å². The fraction of sp³-hybridized carbons (Fsp3) is 0.333. The molecule has 1 N–H and O–H groups in total. The Morgan fingerprint density at radius 2 is 2.23 bits per heavy atom. The fourth-order valence-electron chi connectivity index (χ4n) is 1.53. The van der Waals surface area contributed by atoms with Gasteiger partial charge in [-0.2, -0.15) is 0 Å². The summed E-state index contributed by atoms with van der Waals surface area (Å²) in [6.45, 7) is 0. The van der Waals surface area contributed by atoms with Gasteiger partial charge in [-0.3, -0.25) is 0 Å². The van der Waals surface area contributed by atoms with Crippen molar-refractivity contribution in [2.45, 2.75) is 18.9 Å². The molecule has 0 amide bonds. The van der Waals surface area contributed by atoms with Crippen molar-refractivity contribution in [2.75, 3.05) is 5.32 Å². The van der Waals surface area contributed by atoms with Crippen LogP contribution in [-0.4, -0.2) is 12.5 Å². The Balaban J connectivity index is 2.30. The summed E-state index contributed by atoms with van der Waals surface area (Å²) >= 11 is 3.32. The lowest BCUT2D eigenvalue weighted by Gasteiger charge is -2.09. The van der Waals surface area contributed by atoms with Gasteiger partial charge in [0.15, 0.2) is 0 Å². The second-order valence-corrected chi connectivity index (χ2v) is 3.92. The highest BCUT2D eigenvalue weighted by molar-refractivity contribution is 9.10. The molecular weight excluding hydrogens is 240 g/mol. The van der Waals surface area contributed by atoms with E-state index in [1.54, 1.807) is 0 Å². The van der Waals surface area contributed by atoms with Gasteiger partial charge in [-0.1, -0.05) is 12.1 Å². The lowest BCUT2D eigenvalue weighted by molar-refractivity contribution is 0.126. The SMILES string of the molecule is FC(F)C1Cc2cccc(Br)c2N1. The topological polar surface area (TPSA) is 12.0 Å². The molecule has 0 saturated carbocycles. The third-order valence-corrected chi connectivity index (χ3v) is 2.83. The van der Waals surface area contributed by atoms with E-state index in [1.807, 2.05) is 18.2 Å². The Labute approximate surface area is 83.3 Å². The van der Waals surface area contributed by atoms with E-state index in [1.165, 1.54) is 0 Å². The number of benzene rings is 1. The van der Waals surface area contributed by atoms with E-state index >= 15 is 0 Å². The van der Waals surface area contributed by atoms with Crippen LogP contribution in [0.3, 0.4) is 0 Å². The predicted octanol–water partition coefficient (Wildman–Crippen LogP) is 3.05. The summed E-state index contributed by atoms with van der Waals surface area (Å²) in [4.78, 5) is 0. The van der Waals surface area contributed by atoms with Gasteiger partial charge in [0.1, 0.15) is 0 Å². The Hall–Kier alpha value is -0.640. The first-order chi connectivity index (χ1) is 6.18. The van der Waals surface area contributed by atoms with Crippen molar-refractivity contribution in [1.82, 2.24) is 0 Å². The third-order valence-electron chi connectivity index (χ3n) is 2.17. The molecule has 1 unspecified atom stereocenters. The van der Waals surface area contributed by atoms with Crippen LogP contribution in [0.4, 0.5) is 14.5 Å². The summed E-state index contributed by atoms with van der Waals surface area (Å²) in [5.41, 5.74) is 1.77. The van der Waals surface area contributed by atoms with Crippen molar-refractivity contribution in [3.05, 3.63) is 28.2 Å². The van der Waals surface area contributed by atoms with Crippen molar-refractivity contribution in [3.63, 3.8) is 0 Å². The number of alkyl halides is 2. The minimum Gasteiger partial charge on any atom is -0.375 e. The average molecular weight is 248 g/mol. The molecule has 2 rings (SSSR count). The monoisotopic (exact) mass is 247 g/mol. The number of halogens is 3. The highest BCUT2D eigenvalue weighted by Gasteiger charge is 2.28. The van der Waals surface area contributed by atoms with Gasteiger partial charge in [0.2, 0.25) is 0 Å². The molecule has 1 aromatic rings. The maximum atomic E-state index is 12.4. The van der Waals surface area contributed by atoms with E-state index in [-0.39, 0.29) is 0 Å². The second kappa shape index (κ2) is 3.25. The van der Waals surface area contributed by atoms with Gasteiger partial charge in [0, 0.05) is 10.9 Å². The number of anilines is 1. The van der Waals surface area contributed by atoms with Crippen LogP contribution in [0, 0.1) is 0 Å². The Kier molecular flexibility index (Phi) is 2.24. The highest BCUT2D eigenvalue weighted by Crippen LogP contribution is 2.34. The quantitative estimate of drug-likeness (QED) is 0.805. The van der Waals surface area contributed by atoms with Crippen LogP contribution in [0.25, 0.3) is 0 Å². The largest absolute Gasteiger partial charge is 0.375 e. The maximum absolute atomic E-state index is 12.4. The van der Waals surface area contributed by atoms with Gasteiger partial charge < -0.3 is 5.32 Å². The molecule has 13 heavy (non-hydrogen) atoms. The number of nitrogens with one attached hydrogen (secondary N) is 1. The minimum absolute atomic E-state index is 0.409. The van der Waals surface area contributed by atoms with Crippen LogP contribution in [-0.2, 0) is 6.42 Å². The molecule has 0 bridgehead atoms. The molecule has 1 nitrogen and oxygen atoms in total. The van der Waals surface area contributed by atoms with Crippen molar-refractivity contribution in [3.8, 4) is 0 Å². The first kappa shape index (κ1) is 8.94. The van der Waals surface area contributed by atoms with E-state index in [2.05, 4.69) is 21.2 Å². The van der Waals surface area contributed by atoms with Crippen LogP contribution < -0.4 is 5.32 Å². The van der Waals surface area contributed by atoms with Crippen LogP contribution >= 0.6 is 15.9 Å². The summed E-state index contributed by atoms with van der Waals surface area (Å²) in [6.07, 6.45) is -1.90. The van der Waals surface area contributed by atoms with Gasteiger partial charge in [0.25, 0.3) is 6.43 Å². The first-order valence-corrected chi connectivity index (χ1v) is 4.80. The number of rotatable bonds is 1. The molecule has 1 aromatic carbocycles. The molecular formula is C9H8BrF2N. The lowest BCUT2D eigenvalue weighted by atomic mass is 10.1. The molecule has 4 heteroatoms. The Bertz CT molecular complexity index is 327. The summed E-state index contributed by atoms with van der Waals surface area (Å²) in [6, 6.07) is 4.85. The van der Waals surface area contributed by atoms with E-state index in [9.17, 15) is 8.78 Å². The number of hydrogen-bond donors (Lipinski definition) is 1. The van der Waals surface area contributed by atoms with Crippen molar-refractivity contribution >= 4 is 21.6 Å². The maximum Gasteiger partial charge on any atom is 0.258 e. The van der Waals surface area contributed by atoms with Gasteiger partial charge in [-0.05, 0) is 27.6 Å². The molecule has 1 aliphatic heterocycles. The summed E-state index contributed by atoms with van der Waals surface area (Å²) in [5, 5.41) is 2.81. The molecule has 1 heterocycles. The van der Waals surface area contributed by atoms with Crippen LogP contribution in [0.15, 0.2) is 22.7 Å². The molecule has 1 atom stereocenters. The third kappa shape index (κ3) is 1.55. The number of para-hydroxylation sites is 1.